The van der Waals surface area contributed by atoms with Gasteiger partial charge in [-0.2, -0.15) is 9.97 Å². The van der Waals surface area contributed by atoms with E-state index in [1.165, 1.54) is 37.7 Å². The zero-order valence-corrected chi connectivity index (χ0v) is 33.7. The van der Waals surface area contributed by atoms with Gasteiger partial charge in [0, 0.05) is 54.7 Å². The van der Waals surface area contributed by atoms with Crippen LogP contribution < -0.4 is 0 Å². The summed E-state index contributed by atoms with van der Waals surface area (Å²) in [7, 11) is 0. The van der Waals surface area contributed by atoms with E-state index in [0.29, 0.717) is 17.6 Å². The van der Waals surface area contributed by atoms with Crippen molar-refractivity contribution in [1.29, 1.82) is 0 Å². The second kappa shape index (κ2) is 12.9. The number of aromatic nitrogens is 5. The lowest BCUT2D eigenvalue weighted by atomic mass is 9.92. The van der Waals surface area contributed by atoms with Crippen LogP contribution in [0.4, 0.5) is 0 Å². The molecule has 0 unspecified atom stereocenters. The van der Waals surface area contributed by atoms with E-state index >= 15 is 0 Å². The van der Waals surface area contributed by atoms with Gasteiger partial charge in [-0.05, 0) is 63.5 Å². The summed E-state index contributed by atoms with van der Waals surface area (Å²) in [4.78, 5) is 15.6. The third kappa shape index (κ3) is 4.86. The molecular formula is C57H33N5O. The molecule has 4 heterocycles. The molecule has 0 aliphatic carbocycles. The molecule has 0 N–H and O–H groups in total. The van der Waals surface area contributed by atoms with Crippen LogP contribution >= 0.6 is 0 Å². The molecule has 0 fully saturated rings. The molecule has 4 aromatic heterocycles. The summed E-state index contributed by atoms with van der Waals surface area (Å²) in [6, 6.07) is 70.7. The Kier molecular flexibility index (Phi) is 7.02. The van der Waals surface area contributed by atoms with Gasteiger partial charge in [0.15, 0.2) is 11.6 Å². The largest absolute Gasteiger partial charge is 0.455 e. The summed E-state index contributed by atoms with van der Waals surface area (Å²) >= 11 is 0. The van der Waals surface area contributed by atoms with Gasteiger partial charge >= 0.3 is 0 Å². The summed E-state index contributed by atoms with van der Waals surface area (Å²) in [5, 5.41) is 11.9. The molecule has 6 nitrogen and oxygen atoms in total. The highest BCUT2D eigenvalue weighted by molar-refractivity contribution is 6.34. The highest BCUT2D eigenvalue weighted by Crippen LogP contribution is 2.46. The molecule has 0 saturated heterocycles. The van der Waals surface area contributed by atoms with E-state index in [4.69, 9.17) is 19.4 Å². The maximum absolute atomic E-state index is 6.77. The fourth-order valence-corrected chi connectivity index (χ4v) is 10.2. The lowest BCUT2D eigenvalue weighted by molar-refractivity contribution is 0.670. The van der Waals surface area contributed by atoms with E-state index in [-0.39, 0.29) is 0 Å². The van der Waals surface area contributed by atoms with Gasteiger partial charge in [0.2, 0.25) is 5.95 Å². The SMILES string of the molecule is c1ccc(-c2nc(-c3ccccc3)nc(-n3c4ccccc4c4ccc5c6ccccc6n(-c6ccc(-c7ccc8c9ccccc9c9cccc%10oc7c8c%109)cc6)c5c43)n2)cc1. The van der Waals surface area contributed by atoms with Crippen molar-refractivity contribution in [3.05, 3.63) is 200 Å². The van der Waals surface area contributed by atoms with Crippen LogP contribution in [-0.4, -0.2) is 24.1 Å². The smallest absolute Gasteiger partial charge is 0.238 e. The van der Waals surface area contributed by atoms with Crippen LogP contribution in [0, 0.1) is 0 Å². The molecule has 0 radical (unpaired) electrons. The third-order valence-corrected chi connectivity index (χ3v) is 12.9. The lowest BCUT2D eigenvalue weighted by Gasteiger charge is -2.14. The van der Waals surface area contributed by atoms with Crippen molar-refractivity contribution in [3.63, 3.8) is 0 Å². The Hall–Kier alpha value is -8.61. The van der Waals surface area contributed by atoms with Gasteiger partial charge in [-0.3, -0.25) is 4.57 Å². The molecule has 0 aliphatic heterocycles. The van der Waals surface area contributed by atoms with Crippen molar-refractivity contribution >= 4 is 87.1 Å². The van der Waals surface area contributed by atoms with Gasteiger partial charge in [-0.15, -0.1) is 0 Å². The Morgan fingerprint density at radius 1 is 0.333 bits per heavy atom. The quantitative estimate of drug-likeness (QED) is 0.163. The number of furan rings is 1. The first-order valence-electron chi connectivity index (χ1n) is 21.3. The summed E-state index contributed by atoms with van der Waals surface area (Å²) in [5.41, 5.74) is 11.2. The Bertz CT molecular complexity index is 4070. The van der Waals surface area contributed by atoms with Gasteiger partial charge in [0.25, 0.3) is 0 Å². The van der Waals surface area contributed by atoms with Crippen LogP contribution in [0.2, 0.25) is 0 Å². The normalized spacial score (nSPS) is 12.1. The highest BCUT2D eigenvalue weighted by Gasteiger charge is 2.24. The first-order chi connectivity index (χ1) is 31.3. The van der Waals surface area contributed by atoms with Crippen LogP contribution in [0.25, 0.3) is 133 Å². The average molecular weight is 804 g/mol. The molecule has 10 aromatic carbocycles. The minimum Gasteiger partial charge on any atom is -0.455 e. The Morgan fingerprint density at radius 3 is 1.48 bits per heavy atom. The Labute approximate surface area is 359 Å². The molecule has 14 rings (SSSR count). The Balaban J connectivity index is 1.02. The predicted molar refractivity (Wildman–Crippen MR) is 258 cm³/mol. The van der Waals surface area contributed by atoms with Crippen LogP contribution in [0.3, 0.4) is 0 Å². The topological polar surface area (TPSA) is 61.7 Å². The third-order valence-electron chi connectivity index (χ3n) is 12.9. The Morgan fingerprint density at radius 2 is 0.841 bits per heavy atom. The predicted octanol–water partition coefficient (Wildman–Crippen LogP) is 14.7. The number of para-hydroxylation sites is 2. The fraction of sp³-hybridized carbons (Fsp3) is 0. The molecule has 292 valence electrons. The van der Waals surface area contributed by atoms with E-state index in [0.717, 1.165) is 77.3 Å². The fourth-order valence-electron chi connectivity index (χ4n) is 10.2. The van der Waals surface area contributed by atoms with Gasteiger partial charge in [-0.1, -0.05) is 164 Å². The van der Waals surface area contributed by atoms with Gasteiger partial charge in [0.1, 0.15) is 11.2 Å². The minimum atomic E-state index is 0.561. The second-order valence-corrected chi connectivity index (χ2v) is 16.3. The molecule has 63 heavy (non-hydrogen) atoms. The van der Waals surface area contributed by atoms with Crippen LogP contribution in [-0.2, 0) is 0 Å². The van der Waals surface area contributed by atoms with Crippen molar-refractivity contribution in [2.45, 2.75) is 0 Å². The van der Waals surface area contributed by atoms with E-state index in [1.807, 2.05) is 36.4 Å². The molecule has 0 aliphatic rings. The first-order valence-corrected chi connectivity index (χ1v) is 21.3. The molecule has 0 bridgehead atoms. The summed E-state index contributed by atoms with van der Waals surface area (Å²) in [6.45, 7) is 0. The summed E-state index contributed by atoms with van der Waals surface area (Å²) in [6.07, 6.45) is 0. The van der Waals surface area contributed by atoms with Gasteiger partial charge < -0.3 is 8.98 Å². The van der Waals surface area contributed by atoms with Gasteiger partial charge in [0.05, 0.1) is 22.1 Å². The van der Waals surface area contributed by atoms with Crippen molar-refractivity contribution < 1.29 is 4.42 Å². The molecule has 0 atom stereocenters. The van der Waals surface area contributed by atoms with Crippen LogP contribution in [0.5, 0.6) is 0 Å². The number of hydrogen-bond donors (Lipinski definition) is 0. The number of rotatable bonds is 5. The standard InChI is InChI=1S/C57H33N5O/c1-3-14-35(15-4-1)55-58-56(36-16-5-2-6-17-36)60-57(59-55)62-48-24-12-10-21-42(48)46-33-32-45-41-20-9-11-23-47(41)61(52(45)53(46)62)37-28-26-34(27-29-37)38-30-31-44-40-19-8-7-18-39(40)43-22-13-25-49-50(43)51(44)54(38)63-49/h1-33H. The van der Waals surface area contributed by atoms with Crippen molar-refractivity contribution in [3.8, 4) is 45.5 Å². The number of fused-ring (bicyclic) bond motifs is 10. The monoisotopic (exact) mass is 803 g/mol. The molecule has 0 spiro atoms. The van der Waals surface area contributed by atoms with E-state index in [9.17, 15) is 0 Å². The molecule has 0 saturated carbocycles. The lowest BCUT2D eigenvalue weighted by Crippen LogP contribution is -2.07. The molecule has 0 amide bonds. The second-order valence-electron chi connectivity index (χ2n) is 16.3. The maximum atomic E-state index is 6.77. The van der Waals surface area contributed by atoms with Gasteiger partial charge in [-0.25, -0.2) is 4.98 Å². The molecular weight excluding hydrogens is 771 g/mol. The zero-order chi connectivity index (χ0) is 41.2. The summed E-state index contributed by atoms with van der Waals surface area (Å²) < 4.78 is 11.4. The number of hydrogen-bond acceptors (Lipinski definition) is 4. The average Bonchev–Trinajstić information content (AvgIpc) is 4.03. The maximum Gasteiger partial charge on any atom is 0.238 e. The van der Waals surface area contributed by atoms with Crippen LogP contribution in [0.15, 0.2) is 205 Å². The van der Waals surface area contributed by atoms with E-state index in [2.05, 4.69) is 173 Å². The molecule has 6 heteroatoms. The highest BCUT2D eigenvalue weighted by atomic mass is 16.3. The number of benzene rings is 10. The minimum absolute atomic E-state index is 0.561. The van der Waals surface area contributed by atoms with Crippen molar-refractivity contribution in [2.24, 2.45) is 0 Å². The van der Waals surface area contributed by atoms with Crippen molar-refractivity contribution in [1.82, 2.24) is 24.1 Å². The zero-order valence-electron chi connectivity index (χ0n) is 33.7. The first kappa shape index (κ1) is 34.1. The molecule has 14 aromatic rings. The number of nitrogens with zero attached hydrogens (tertiary/aromatic N) is 5. The van der Waals surface area contributed by atoms with E-state index in [1.54, 1.807) is 0 Å². The van der Waals surface area contributed by atoms with Crippen molar-refractivity contribution in [2.75, 3.05) is 0 Å². The van der Waals surface area contributed by atoms with E-state index < -0.39 is 0 Å². The summed E-state index contributed by atoms with van der Waals surface area (Å²) in [5.74, 6) is 1.80. The van der Waals surface area contributed by atoms with Crippen LogP contribution in [0.1, 0.15) is 0 Å².